The van der Waals surface area contributed by atoms with Crippen molar-refractivity contribution in [2.75, 3.05) is 20.3 Å². The van der Waals surface area contributed by atoms with E-state index in [1.807, 2.05) is 37.3 Å². The highest BCUT2D eigenvalue weighted by atomic mass is 79.9. The lowest BCUT2D eigenvalue weighted by Gasteiger charge is -2.11. The van der Waals surface area contributed by atoms with Crippen LogP contribution < -0.4 is 5.32 Å². The predicted molar refractivity (Wildman–Crippen MR) is 88.0 cm³/mol. The molecule has 0 fully saturated rings. The number of hydrogen-bond donors (Lipinski definition) is 1. The van der Waals surface area contributed by atoms with Gasteiger partial charge in [0.2, 0.25) is 0 Å². The van der Waals surface area contributed by atoms with Gasteiger partial charge in [-0.3, -0.25) is 9.78 Å². The van der Waals surface area contributed by atoms with Crippen molar-refractivity contribution in [2.24, 2.45) is 0 Å². The summed E-state index contributed by atoms with van der Waals surface area (Å²) in [7, 11) is 1.67. The molecule has 2 rings (SSSR count). The van der Waals surface area contributed by atoms with Crippen LogP contribution in [0.5, 0.6) is 0 Å². The molecule has 1 unspecified atom stereocenters. The third-order valence-corrected chi connectivity index (χ3v) is 3.90. The second kappa shape index (κ2) is 7.52. The molecule has 0 aliphatic carbocycles. The first-order valence-electron chi connectivity index (χ1n) is 6.89. The van der Waals surface area contributed by atoms with E-state index in [0.717, 1.165) is 23.0 Å². The number of carbonyl (C=O) groups is 1. The number of nitrogens with one attached hydrogen (secondary N) is 1. The smallest absolute Gasteiger partial charge is 0.252 e. The maximum Gasteiger partial charge on any atom is 0.252 e. The van der Waals surface area contributed by atoms with Gasteiger partial charge in [0, 0.05) is 29.6 Å². The number of rotatable bonds is 6. The third kappa shape index (κ3) is 4.25. The monoisotopic (exact) mass is 350 g/mol. The third-order valence-electron chi connectivity index (χ3n) is 3.18. The molecule has 5 heteroatoms. The molecule has 0 radical (unpaired) electrons. The number of fused-ring (bicyclic) bond motifs is 1. The molecule has 1 heterocycles. The number of alkyl halides is 1. The first-order valence-corrected chi connectivity index (χ1v) is 7.81. The SMILES string of the molecule is COCC(Br)CCNC(=O)c1cc(C)nc2ccccc12. The summed E-state index contributed by atoms with van der Waals surface area (Å²) in [6.45, 7) is 3.14. The summed E-state index contributed by atoms with van der Waals surface area (Å²) in [5, 5.41) is 3.84. The van der Waals surface area contributed by atoms with Crippen molar-refractivity contribution in [3.63, 3.8) is 0 Å². The number of carbonyl (C=O) groups excluding carboxylic acids is 1. The van der Waals surface area contributed by atoms with Gasteiger partial charge < -0.3 is 10.1 Å². The number of aromatic nitrogens is 1. The highest BCUT2D eigenvalue weighted by Gasteiger charge is 2.12. The highest BCUT2D eigenvalue weighted by Crippen LogP contribution is 2.18. The minimum Gasteiger partial charge on any atom is -0.384 e. The molecular weight excluding hydrogens is 332 g/mol. The lowest BCUT2D eigenvalue weighted by molar-refractivity contribution is 0.0953. The minimum atomic E-state index is -0.0613. The van der Waals surface area contributed by atoms with Crippen molar-refractivity contribution >= 4 is 32.7 Å². The summed E-state index contributed by atoms with van der Waals surface area (Å²) in [4.78, 5) is 17.1. The van der Waals surface area contributed by atoms with E-state index in [-0.39, 0.29) is 10.7 Å². The van der Waals surface area contributed by atoms with Crippen molar-refractivity contribution in [1.82, 2.24) is 10.3 Å². The van der Waals surface area contributed by atoms with Crippen LogP contribution in [-0.4, -0.2) is 36.0 Å². The first kappa shape index (κ1) is 15.9. The molecule has 0 saturated heterocycles. The summed E-state index contributed by atoms with van der Waals surface area (Å²) in [6, 6.07) is 9.53. The van der Waals surface area contributed by atoms with Crippen molar-refractivity contribution in [1.29, 1.82) is 0 Å². The van der Waals surface area contributed by atoms with Crippen LogP contribution in [0.1, 0.15) is 22.5 Å². The van der Waals surface area contributed by atoms with E-state index >= 15 is 0 Å². The molecule has 1 amide bonds. The van der Waals surface area contributed by atoms with Gasteiger partial charge in [0.05, 0.1) is 17.7 Å². The Morgan fingerprint density at radius 1 is 1.43 bits per heavy atom. The normalized spacial score (nSPS) is 12.3. The number of aryl methyl sites for hydroxylation is 1. The van der Waals surface area contributed by atoms with Crippen LogP contribution in [0.4, 0.5) is 0 Å². The Bertz CT molecular complexity index is 631. The molecule has 1 atom stereocenters. The molecule has 0 aliphatic heterocycles. The van der Waals surface area contributed by atoms with E-state index in [2.05, 4.69) is 26.2 Å². The van der Waals surface area contributed by atoms with E-state index in [4.69, 9.17) is 4.74 Å². The van der Waals surface area contributed by atoms with Crippen molar-refractivity contribution in [3.05, 3.63) is 41.6 Å². The zero-order valence-corrected chi connectivity index (χ0v) is 13.8. The van der Waals surface area contributed by atoms with Gasteiger partial charge in [-0.2, -0.15) is 0 Å². The molecule has 0 aliphatic rings. The lowest BCUT2D eigenvalue weighted by Crippen LogP contribution is -2.27. The van der Waals surface area contributed by atoms with Crippen molar-refractivity contribution < 1.29 is 9.53 Å². The molecule has 0 bridgehead atoms. The van der Waals surface area contributed by atoms with Gasteiger partial charge in [-0.05, 0) is 25.5 Å². The first-order chi connectivity index (χ1) is 10.1. The Morgan fingerprint density at radius 2 is 2.19 bits per heavy atom. The molecule has 1 aromatic heterocycles. The number of nitrogens with zero attached hydrogens (tertiary/aromatic N) is 1. The van der Waals surface area contributed by atoms with Crippen LogP contribution in [0.15, 0.2) is 30.3 Å². The molecule has 2 aromatic rings. The Hall–Kier alpha value is -1.46. The Labute approximate surface area is 133 Å². The van der Waals surface area contributed by atoms with E-state index in [9.17, 15) is 4.79 Å². The minimum absolute atomic E-state index is 0.0613. The molecular formula is C16H19BrN2O2. The second-order valence-corrected chi connectivity index (χ2v) is 6.22. The number of hydrogen-bond acceptors (Lipinski definition) is 3. The zero-order valence-electron chi connectivity index (χ0n) is 12.2. The fourth-order valence-corrected chi connectivity index (χ4v) is 2.69. The van der Waals surface area contributed by atoms with Gasteiger partial charge in [-0.25, -0.2) is 0 Å². The van der Waals surface area contributed by atoms with Gasteiger partial charge >= 0.3 is 0 Å². The van der Waals surface area contributed by atoms with E-state index in [1.165, 1.54) is 0 Å². The van der Waals surface area contributed by atoms with Gasteiger partial charge in [0.25, 0.3) is 5.91 Å². The molecule has 112 valence electrons. The van der Waals surface area contributed by atoms with E-state index in [1.54, 1.807) is 7.11 Å². The second-order valence-electron chi connectivity index (χ2n) is 4.93. The molecule has 0 spiro atoms. The average Bonchev–Trinajstić information content (AvgIpc) is 2.46. The zero-order chi connectivity index (χ0) is 15.2. The maximum atomic E-state index is 12.4. The Morgan fingerprint density at radius 3 is 2.95 bits per heavy atom. The van der Waals surface area contributed by atoms with E-state index < -0.39 is 0 Å². The van der Waals surface area contributed by atoms with Gasteiger partial charge in [-0.1, -0.05) is 34.1 Å². The van der Waals surface area contributed by atoms with Crippen LogP contribution in [-0.2, 0) is 4.74 Å². The molecule has 1 N–H and O–H groups in total. The van der Waals surface area contributed by atoms with Crippen molar-refractivity contribution in [2.45, 2.75) is 18.2 Å². The van der Waals surface area contributed by atoms with Gasteiger partial charge in [-0.15, -0.1) is 0 Å². The average molecular weight is 351 g/mol. The summed E-state index contributed by atoms with van der Waals surface area (Å²) >= 11 is 3.51. The molecule has 21 heavy (non-hydrogen) atoms. The predicted octanol–water partition coefficient (Wildman–Crippen LogP) is 3.07. The van der Waals surface area contributed by atoms with Crippen molar-refractivity contribution in [3.8, 4) is 0 Å². The fraction of sp³-hybridized carbons (Fsp3) is 0.375. The molecule has 0 saturated carbocycles. The van der Waals surface area contributed by atoms with Crippen LogP contribution in [0.2, 0.25) is 0 Å². The summed E-state index contributed by atoms with van der Waals surface area (Å²) in [5.74, 6) is -0.0613. The van der Waals surface area contributed by atoms with Crippen LogP contribution >= 0.6 is 15.9 Å². The number of amides is 1. The number of pyridine rings is 1. The maximum absolute atomic E-state index is 12.4. The number of halogens is 1. The summed E-state index contributed by atoms with van der Waals surface area (Å²) in [6.07, 6.45) is 0.821. The largest absolute Gasteiger partial charge is 0.384 e. The number of para-hydroxylation sites is 1. The highest BCUT2D eigenvalue weighted by molar-refractivity contribution is 9.09. The Kier molecular flexibility index (Phi) is 5.70. The van der Waals surface area contributed by atoms with Crippen LogP contribution in [0, 0.1) is 6.92 Å². The summed E-state index contributed by atoms with van der Waals surface area (Å²) in [5.41, 5.74) is 2.37. The van der Waals surface area contributed by atoms with Gasteiger partial charge in [0.1, 0.15) is 0 Å². The summed E-state index contributed by atoms with van der Waals surface area (Å²) < 4.78 is 5.05. The van der Waals surface area contributed by atoms with Gasteiger partial charge in [0.15, 0.2) is 0 Å². The number of ether oxygens (including phenoxy) is 1. The van der Waals surface area contributed by atoms with E-state index in [0.29, 0.717) is 18.7 Å². The van der Waals surface area contributed by atoms with Crippen LogP contribution in [0.25, 0.3) is 10.9 Å². The number of methoxy groups -OCH3 is 1. The molecule has 1 aromatic carbocycles. The fourth-order valence-electron chi connectivity index (χ4n) is 2.20. The number of benzene rings is 1. The lowest BCUT2D eigenvalue weighted by atomic mass is 10.1. The standard InChI is InChI=1S/C16H19BrN2O2/c1-11-9-14(13-5-3-4-6-15(13)19-11)16(20)18-8-7-12(17)10-21-2/h3-6,9,12H,7-8,10H2,1-2H3,(H,18,20). The molecule has 4 nitrogen and oxygen atoms in total. The quantitative estimate of drug-likeness (QED) is 0.814. The van der Waals surface area contributed by atoms with Crippen LogP contribution in [0.3, 0.4) is 0 Å². The topological polar surface area (TPSA) is 51.2 Å². The Balaban J connectivity index is 2.09.